The monoisotopic (exact) mass is 322 g/mol. The van der Waals surface area contributed by atoms with Gasteiger partial charge in [-0.25, -0.2) is 12.8 Å². The van der Waals surface area contributed by atoms with Crippen LogP contribution in [0.5, 0.6) is 0 Å². The molecule has 0 heterocycles. The van der Waals surface area contributed by atoms with Crippen LogP contribution in [0.1, 0.15) is 6.92 Å². The summed E-state index contributed by atoms with van der Waals surface area (Å²) in [6.07, 6.45) is 0. The highest BCUT2D eigenvalue weighted by Crippen LogP contribution is 2.20. The lowest BCUT2D eigenvalue weighted by molar-refractivity contribution is -0.116. The molecule has 1 amide bonds. The van der Waals surface area contributed by atoms with Crippen molar-refractivity contribution in [3.05, 3.63) is 54.3 Å². The zero-order chi connectivity index (χ0) is 16.3. The highest BCUT2D eigenvalue weighted by Gasteiger charge is 2.15. The Hall–Kier alpha value is -2.41. The van der Waals surface area contributed by atoms with Crippen LogP contribution >= 0.6 is 0 Å². The summed E-state index contributed by atoms with van der Waals surface area (Å²) in [5.74, 6) is -0.755. The molecule has 0 unspecified atom stereocenters. The summed E-state index contributed by atoms with van der Waals surface area (Å²) in [5.41, 5.74) is 0.964. The van der Waals surface area contributed by atoms with E-state index in [0.29, 0.717) is 11.4 Å². The van der Waals surface area contributed by atoms with E-state index in [0.717, 1.165) is 6.07 Å². The van der Waals surface area contributed by atoms with Crippen molar-refractivity contribution in [2.45, 2.75) is 11.8 Å². The number of amides is 1. The second kappa shape index (κ2) is 6.15. The van der Waals surface area contributed by atoms with Gasteiger partial charge in [-0.3, -0.25) is 9.52 Å². The molecule has 2 aromatic rings. The minimum Gasteiger partial charge on any atom is -0.316 e. The summed E-state index contributed by atoms with van der Waals surface area (Å²) >= 11 is 0. The first-order valence-electron chi connectivity index (χ1n) is 6.42. The van der Waals surface area contributed by atoms with E-state index < -0.39 is 15.8 Å². The Kier molecular flexibility index (Phi) is 4.46. The van der Waals surface area contributed by atoms with Crippen LogP contribution in [0.4, 0.5) is 15.8 Å². The number of carbonyl (C=O) groups is 1. The highest BCUT2D eigenvalue weighted by atomic mass is 32.2. The topological polar surface area (TPSA) is 66.5 Å². The summed E-state index contributed by atoms with van der Waals surface area (Å²) in [6.45, 7) is 1.43. The van der Waals surface area contributed by atoms with Gasteiger partial charge in [0, 0.05) is 25.3 Å². The van der Waals surface area contributed by atoms with Crippen molar-refractivity contribution in [3.63, 3.8) is 0 Å². The average molecular weight is 322 g/mol. The molecule has 5 nitrogen and oxygen atoms in total. The van der Waals surface area contributed by atoms with Crippen molar-refractivity contribution in [2.75, 3.05) is 16.7 Å². The number of anilines is 2. The van der Waals surface area contributed by atoms with Gasteiger partial charge in [0.2, 0.25) is 5.91 Å². The molecule has 0 radical (unpaired) electrons. The summed E-state index contributed by atoms with van der Waals surface area (Å²) < 4.78 is 39.8. The lowest BCUT2D eigenvalue weighted by Gasteiger charge is -2.15. The third-order valence-corrected chi connectivity index (χ3v) is 4.46. The molecule has 0 spiro atoms. The maximum absolute atomic E-state index is 13.1. The van der Waals surface area contributed by atoms with Gasteiger partial charge in [0.1, 0.15) is 5.82 Å². The molecule has 0 fully saturated rings. The van der Waals surface area contributed by atoms with E-state index in [2.05, 4.69) is 4.72 Å². The molecule has 0 aliphatic rings. The van der Waals surface area contributed by atoms with E-state index in [4.69, 9.17) is 0 Å². The van der Waals surface area contributed by atoms with Gasteiger partial charge in [0.05, 0.1) is 4.90 Å². The van der Waals surface area contributed by atoms with Crippen molar-refractivity contribution in [1.82, 2.24) is 0 Å². The Morgan fingerprint density at radius 2 is 1.77 bits per heavy atom. The minimum absolute atomic E-state index is 0.131. The third kappa shape index (κ3) is 3.62. The first kappa shape index (κ1) is 16.0. The number of benzene rings is 2. The average Bonchev–Trinajstić information content (AvgIpc) is 2.47. The summed E-state index contributed by atoms with van der Waals surface area (Å²) in [7, 11) is -2.24. The maximum atomic E-state index is 13.1. The van der Waals surface area contributed by atoms with Crippen LogP contribution in [0.25, 0.3) is 0 Å². The molecule has 0 bridgehead atoms. The van der Waals surface area contributed by atoms with Gasteiger partial charge in [-0.05, 0) is 42.5 Å². The Balaban J connectivity index is 2.22. The van der Waals surface area contributed by atoms with Crippen LogP contribution in [0.2, 0.25) is 0 Å². The highest BCUT2D eigenvalue weighted by molar-refractivity contribution is 7.92. The molecule has 0 saturated heterocycles. The van der Waals surface area contributed by atoms with E-state index in [1.165, 1.54) is 42.2 Å². The number of rotatable bonds is 4. The quantitative estimate of drug-likeness (QED) is 0.941. The predicted octanol–water partition coefficient (Wildman–Crippen LogP) is 2.61. The van der Waals surface area contributed by atoms with Crippen molar-refractivity contribution >= 4 is 27.3 Å². The number of hydrogen-bond donors (Lipinski definition) is 1. The van der Waals surface area contributed by atoms with E-state index >= 15 is 0 Å². The van der Waals surface area contributed by atoms with Crippen molar-refractivity contribution < 1.29 is 17.6 Å². The van der Waals surface area contributed by atoms with Crippen molar-refractivity contribution in [2.24, 2.45) is 0 Å². The van der Waals surface area contributed by atoms with Crippen molar-refractivity contribution in [1.29, 1.82) is 0 Å². The molecule has 0 saturated carbocycles. The second-order valence-electron chi connectivity index (χ2n) is 4.69. The molecule has 7 heteroatoms. The lowest BCUT2D eigenvalue weighted by atomic mass is 10.2. The molecular formula is C15H15FN2O3S. The van der Waals surface area contributed by atoms with Crippen LogP contribution in [-0.2, 0) is 14.8 Å². The first-order valence-corrected chi connectivity index (χ1v) is 7.91. The zero-order valence-electron chi connectivity index (χ0n) is 12.1. The summed E-state index contributed by atoms with van der Waals surface area (Å²) in [4.78, 5) is 12.5. The largest absolute Gasteiger partial charge is 0.316 e. The van der Waals surface area contributed by atoms with E-state index in [9.17, 15) is 17.6 Å². The van der Waals surface area contributed by atoms with Gasteiger partial charge >= 0.3 is 0 Å². The van der Waals surface area contributed by atoms with Crippen LogP contribution in [0.3, 0.4) is 0 Å². The molecule has 0 aliphatic heterocycles. The molecule has 0 aromatic heterocycles. The Bertz CT molecular complexity index is 789. The fourth-order valence-corrected chi connectivity index (χ4v) is 2.87. The van der Waals surface area contributed by atoms with Gasteiger partial charge in [-0.1, -0.05) is 6.07 Å². The molecular weight excluding hydrogens is 307 g/mol. The number of carbonyl (C=O) groups excluding carboxylic acids is 1. The minimum atomic E-state index is -3.86. The van der Waals surface area contributed by atoms with E-state index in [-0.39, 0.29) is 10.8 Å². The van der Waals surface area contributed by atoms with Gasteiger partial charge in [0.25, 0.3) is 10.0 Å². The number of nitrogens with zero attached hydrogens (tertiary/aromatic N) is 1. The fourth-order valence-electron chi connectivity index (χ4n) is 1.78. The third-order valence-electron chi connectivity index (χ3n) is 3.09. The van der Waals surface area contributed by atoms with E-state index in [1.807, 2.05) is 0 Å². The molecule has 2 rings (SSSR count). The van der Waals surface area contributed by atoms with Crippen LogP contribution in [-0.4, -0.2) is 21.4 Å². The Labute approximate surface area is 128 Å². The molecule has 0 atom stereocenters. The molecule has 2 aromatic carbocycles. The van der Waals surface area contributed by atoms with E-state index in [1.54, 1.807) is 19.2 Å². The lowest BCUT2D eigenvalue weighted by Crippen LogP contribution is -2.22. The van der Waals surface area contributed by atoms with Crippen LogP contribution < -0.4 is 9.62 Å². The molecule has 22 heavy (non-hydrogen) atoms. The maximum Gasteiger partial charge on any atom is 0.261 e. The smallest absolute Gasteiger partial charge is 0.261 e. The second-order valence-corrected chi connectivity index (χ2v) is 6.37. The Morgan fingerprint density at radius 3 is 2.32 bits per heavy atom. The summed E-state index contributed by atoms with van der Waals surface area (Å²) in [6, 6.07) is 11.1. The SMILES string of the molecule is CC(=O)N(C)c1ccc(NS(=O)(=O)c2cccc(F)c2)cc1. The number of sulfonamides is 1. The van der Waals surface area contributed by atoms with Gasteiger partial charge < -0.3 is 4.90 Å². The Morgan fingerprint density at radius 1 is 1.14 bits per heavy atom. The van der Waals surface area contributed by atoms with Crippen LogP contribution in [0, 0.1) is 5.82 Å². The van der Waals surface area contributed by atoms with Gasteiger partial charge in [0.15, 0.2) is 0 Å². The molecule has 116 valence electrons. The number of hydrogen-bond acceptors (Lipinski definition) is 3. The number of nitrogens with one attached hydrogen (secondary N) is 1. The molecule has 0 aliphatic carbocycles. The van der Waals surface area contributed by atoms with Gasteiger partial charge in [-0.2, -0.15) is 0 Å². The van der Waals surface area contributed by atoms with Crippen molar-refractivity contribution in [3.8, 4) is 0 Å². The normalized spacial score (nSPS) is 11.0. The van der Waals surface area contributed by atoms with Crippen LogP contribution in [0.15, 0.2) is 53.4 Å². The zero-order valence-corrected chi connectivity index (χ0v) is 12.9. The molecule has 1 N–H and O–H groups in total. The first-order chi connectivity index (χ1) is 10.3. The summed E-state index contributed by atoms with van der Waals surface area (Å²) in [5, 5.41) is 0. The fraction of sp³-hybridized carbons (Fsp3) is 0.133. The predicted molar refractivity (Wildman–Crippen MR) is 82.7 cm³/mol. The standard InChI is InChI=1S/C15H15FN2O3S/c1-11(19)18(2)14-8-6-13(7-9-14)17-22(20,21)15-5-3-4-12(16)10-15/h3-10,17H,1-2H3. The number of halogens is 1. The van der Waals surface area contributed by atoms with Gasteiger partial charge in [-0.15, -0.1) is 0 Å².